The van der Waals surface area contributed by atoms with Gasteiger partial charge in [-0.25, -0.2) is 9.97 Å². The molecule has 7 heteroatoms. The smallest absolute Gasteiger partial charge is 0.116 e. The molecule has 0 spiro atoms. The third kappa shape index (κ3) is 15.2. The van der Waals surface area contributed by atoms with Crippen LogP contribution in [0.2, 0.25) is 0 Å². The molecule has 0 fully saturated rings. The van der Waals surface area contributed by atoms with Gasteiger partial charge in [0.25, 0.3) is 0 Å². The zero-order chi connectivity index (χ0) is 105. The summed E-state index contributed by atoms with van der Waals surface area (Å²) in [6, 6.07) is 128. The van der Waals surface area contributed by atoms with Crippen LogP contribution in [-0.2, 0) is 43.3 Å². The van der Waals surface area contributed by atoms with Gasteiger partial charge in [-0.15, -0.1) is 0 Å². The van der Waals surface area contributed by atoms with Gasteiger partial charge in [0, 0.05) is 81.1 Å². The number of pyridine rings is 5. The molecule has 23 rings (SSSR count). The van der Waals surface area contributed by atoms with Crippen LogP contribution in [0.5, 0.6) is 0 Å². The van der Waals surface area contributed by atoms with Crippen molar-refractivity contribution in [1.82, 2.24) is 34.9 Å². The Bertz CT molecular complexity index is 7720. The van der Waals surface area contributed by atoms with E-state index in [1.807, 2.05) is 6.20 Å². The van der Waals surface area contributed by atoms with Gasteiger partial charge in [-0.2, -0.15) is 0 Å². The number of rotatable bonds is 18. The minimum absolute atomic E-state index is 0.0144. The van der Waals surface area contributed by atoms with E-state index in [4.69, 9.17) is 34.9 Å². The Balaban J connectivity index is 0.568. The van der Waals surface area contributed by atoms with E-state index in [0.717, 1.165) is 201 Å². The topological polar surface area (TPSA) is 90.2 Å². The molecule has 4 aliphatic rings. The summed E-state index contributed by atoms with van der Waals surface area (Å²) in [4.78, 5) is 36.2. The molecule has 742 valence electrons. The Kier molecular flexibility index (Phi) is 23.0. The molecule has 0 bridgehead atoms. The second kappa shape index (κ2) is 35.2. The minimum Gasteiger partial charge on any atom is -0.256 e. The Morgan fingerprint density at radius 2 is 0.313 bits per heavy atom. The highest BCUT2D eigenvalue weighted by atomic mass is 14.8. The van der Waals surface area contributed by atoms with Gasteiger partial charge >= 0.3 is 0 Å². The SMILES string of the molecule is CC1(C)c2ccc(-c3ccc(-c4ccccc4-c4cc(-c5ccccc5-c5ccc(-c6cc(-c7ccc(-c8ccccc8-c8cc(-c9ccccc9-c9ccc(-c%10ccc%11c(c%10)C(C)(C)C(C)(C)C%11(C)C)nc9)cc(-c9ccccc9-c9ccc(-c%10cc%11c(cn%10)C(C)(C)C(C)(C)C%11(C)C)nc9)c8)cc7)ncn6)cc5)cc(-c5ccccc5-c5ccc(-c6ccc7c(c6)C(C)(C)C(C)(C)C7(C)C)nc5)c4)cn3)cc2C(C)(C)C1(C)C. The molecule has 0 unspecified atom stereocenters. The van der Waals surface area contributed by atoms with Gasteiger partial charge < -0.3 is 0 Å². The standard InChI is InChI=1S/C143H135N7/c1-132(2)117-64-57-92(77-120(117)135(7,8)140(132,17)18)125-67-60-95(82-144-125)107-39-27-33-45-113(107)101-71-99(72-102(75-101)114-46-34-28-40-108(114)96-61-68-126(145-83-96)93-58-65-118-121(78-93)136(9,10)141(19,20)133(118,3)4)111-43-31-25-37-105(111)88-49-53-90(54-50-88)129-81-130(150-87-149-129)91-55-51-89(52-56-91)106-38-26-32-44-112(106)100-73-103(115-47-35-29-41-109(115)97-62-69-127(146-84-97)94-59-66-119-122(79-94)137(11,12)142(21,22)134(119,5)6)76-104(74-100)116-48-36-30-42-110(116)98-63-70-128(147-85-98)131-80-123-124(86-148-131)139(15,16)143(23,24)138(123,13)14/h25-87H,1-24H3. The first kappa shape index (κ1) is 98.1. The van der Waals surface area contributed by atoms with E-state index in [2.05, 4.69) is 537 Å². The van der Waals surface area contributed by atoms with Crippen LogP contribution in [-0.4, -0.2) is 34.9 Å². The van der Waals surface area contributed by atoms with E-state index in [-0.39, 0.29) is 65.0 Å². The average Bonchev–Trinajstić information content (AvgIpc) is 1.55. The molecule has 150 heavy (non-hydrogen) atoms. The summed E-state index contributed by atoms with van der Waals surface area (Å²) in [6.07, 6.45) is 12.0. The van der Waals surface area contributed by atoms with Crippen LogP contribution < -0.4 is 0 Å². The van der Waals surface area contributed by atoms with Crippen molar-refractivity contribution in [2.45, 2.75) is 209 Å². The maximum Gasteiger partial charge on any atom is 0.116 e. The van der Waals surface area contributed by atoms with E-state index in [1.54, 1.807) is 6.33 Å². The molecule has 7 nitrogen and oxygen atoms in total. The number of fused-ring (bicyclic) bond motifs is 4. The van der Waals surface area contributed by atoms with Crippen molar-refractivity contribution in [2.75, 3.05) is 0 Å². The van der Waals surface area contributed by atoms with Gasteiger partial charge in [0.15, 0.2) is 0 Å². The molecule has 0 N–H and O–H groups in total. The molecule has 0 atom stereocenters. The van der Waals surface area contributed by atoms with E-state index < -0.39 is 0 Å². The van der Waals surface area contributed by atoms with Gasteiger partial charge in [-0.3, -0.25) is 24.9 Å². The van der Waals surface area contributed by atoms with Crippen LogP contribution in [0.15, 0.2) is 383 Å². The van der Waals surface area contributed by atoms with Crippen LogP contribution in [0.1, 0.15) is 211 Å². The average molecular weight is 1950 g/mol. The third-order valence-corrected chi connectivity index (χ3v) is 40.2. The van der Waals surface area contributed by atoms with Gasteiger partial charge in [0.05, 0.1) is 39.9 Å². The minimum atomic E-state index is -0.0684. The van der Waals surface area contributed by atoms with Crippen LogP contribution in [0.3, 0.4) is 0 Å². The second-order valence-electron chi connectivity index (χ2n) is 49.4. The Morgan fingerprint density at radius 1 is 0.120 bits per heavy atom. The lowest BCUT2D eigenvalue weighted by atomic mass is 9.59. The lowest BCUT2D eigenvalue weighted by molar-refractivity contribution is 0.125. The van der Waals surface area contributed by atoms with Crippen LogP contribution in [0, 0.1) is 21.7 Å². The summed E-state index contributed by atoms with van der Waals surface area (Å²) in [7, 11) is 0. The van der Waals surface area contributed by atoms with Gasteiger partial charge in [0.2, 0.25) is 0 Å². The fraction of sp³-hybridized carbons (Fsp3) is 0.252. The Labute approximate surface area is 888 Å². The number of aromatic nitrogens is 7. The molecular formula is C143H135N7. The first-order valence-corrected chi connectivity index (χ1v) is 53.6. The highest BCUT2D eigenvalue weighted by Gasteiger charge is 2.61. The Morgan fingerprint density at radius 3 is 0.560 bits per heavy atom. The molecular weight excluding hydrogens is 1820 g/mol. The van der Waals surface area contributed by atoms with Crippen molar-refractivity contribution in [3.8, 4) is 201 Å². The van der Waals surface area contributed by atoms with E-state index in [0.29, 0.717) is 0 Å². The van der Waals surface area contributed by atoms with Crippen molar-refractivity contribution in [2.24, 2.45) is 21.7 Å². The van der Waals surface area contributed by atoms with Crippen LogP contribution in [0.4, 0.5) is 0 Å². The molecule has 0 saturated heterocycles. The zero-order valence-corrected chi connectivity index (χ0v) is 91.5. The highest BCUT2D eigenvalue weighted by Crippen LogP contribution is 2.67. The number of nitrogens with zero attached hydrogens (tertiary/aromatic N) is 7. The van der Waals surface area contributed by atoms with Crippen molar-refractivity contribution >= 4 is 0 Å². The summed E-state index contributed by atoms with van der Waals surface area (Å²) < 4.78 is 0. The molecule has 0 saturated carbocycles. The van der Waals surface area contributed by atoms with Crippen molar-refractivity contribution in [3.63, 3.8) is 0 Å². The molecule has 13 aromatic carbocycles. The Hall–Kier alpha value is -15.3. The summed E-state index contributed by atoms with van der Waals surface area (Å²) >= 11 is 0. The predicted molar refractivity (Wildman–Crippen MR) is 628 cm³/mol. The fourth-order valence-electron chi connectivity index (χ4n) is 26.0. The lowest BCUT2D eigenvalue weighted by Gasteiger charge is -2.44. The van der Waals surface area contributed by atoms with Gasteiger partial charge in [0.1, 0.15) is 6.33 Å². The van der Waals surface area contributed by atoms with Crippen molar-refractivity contribution in [1.29, 1.82) is 0 Å². The first-order chi connectivity index (χ1) is 71.4. The van der Waals surface area contributed by atoms with E-state index in [9.17, 15) is 0 Å². The maximum absolute atomic E-state index is 5.30. The first-order valence-electron chi connectivity index (χ1n) is 53.6. The molecule has 0 amide bonds. The zero-order valence-electron chi connectivity index (χ0n) is 91.5. The summed E-state index contributed by atoms with van der Waals surface area (Å²) in [5.41, 5.74) is 49.0. The molecule has 4 aliphatic carbocycles. The second-order valence-corrected chi connectivity index (χ2v) is 49.4. The largest absolute Gasteiger partial charge is 0.256 e. The van der Waals surface area contributed by atoms with Gasteiger partial charge in [-0.05, 0) is 312 Å². The van der Waals surface area contributed by atoms with E-state index in [1.165, 1.54) is 44.5 Å². The van der Waals surface area contributed by atoms with Crippen LogP contribution >= 0.6 is 0 Å². The number of hydrogen-bond acceptors (Lipinski definition) is 7. The molecule has 6 heterocycles. The van der Waals surface area contributed by atoms with Crippen LogP contribution in [0.25, 0.3) is 201 Å². The van der Waals surface area contributed by atoms with Crippen molar-refractivity contribution in [3.05, 3.63) is 428 Å². The molecule has 0 radical (unpaired) electrons. The lowest BCUT2D eigenvalue weighted by Crippen LogP contribution is -2.42. The fourth-order valence-corrected chi connectivity index (χ4v) is 26.0. The maximum atomic E-state index is 5.30. The summed E-state index contributed by atoms with van der Waals surface area (Å²) in [5, 5.41) is 0. The van der Waals surface area contributed by atoms with E-state index >= 15 is 0 Å². The number of hydrogen-bond donors (Lipinski definition) is 0. The molecule has 19 aromatic rings. The predicted octanol–water partition coefficient (Wildman–Crippen LogP) is 37.8. The quantitative estimate of drug-likeness (QED) is 0.0845. The monoisotopic (exact) mass is 1950 g/mol. The normalized spacial score (nSPS) is 17.2. The third-order valence-electron chi connectivity index (χ3n) is 40.2. The van der Waals surface area contributed by atoms with Crippen molar-refractivity contribution < 1.29 is 0 Å². The molecule has 6 aromatic heterocycles. The highest BCUT2D eigenvalue weighted by molar-refractivity contribution is 5.98. The van der Waals surface area contributed by atoms with Gasteiger partial charge in [-0.1, -0.05) is 421 Å². The molecule has 0 aliphatic heterocycles. The summed E-state index contributed by atoms with van der Waals surface area (Å²) in [5.74, 6) is 0. The summed E-state index contributed by atoms with van der Waals surface area (Å²) in [6.45, 7) is 57.7. The number of benzene rings is 13.